The van der Waals surface area contributed by atoms with E-state index in [1.165, 1.54) is 12.1 Å². The highest BCUT2D eigenvalue weighted by atomic mass is 35.5. The number of amides is 1. The number of benzene rings is 3. The zero-order valence-electron chi connectivity index (χ0n) is 21.5. The number of hydrogen-bond acceptors (Lipinski definition) is 4. The van der Waals surface area contributed by atoms with Crippen LogP contribution in [0.2, 0.25) is 5.02 Å². The van der Waals surface area contributed by atoms with Crippen molar-refractivity contribution in [3.8, 4) is 5.75 Å². The number of nitrogens with zero attached hydrogens (tertiary/aromatic N) is 1. The van der Waals surface area contributed by atoms with Crippen LogP contribution >= 0.6 is 11.6 Å². The molecule has 8 heteroatoms. The summed E-state index contributed by atoms with van der Waals surface area (Å²) in [6.07, 6.45) is 0. The Hall–Kier alpha value is -3.03. The Bertz CT molecular complexity index is 1340. The first-order valence-electron chi connectivity index (χ1n) is 11.8. The minimum absolute atomic E-state index is 0.0952. The highest BCUT2D eigenvalue weighted by Crippen LogP contribution is 2.33. The maximum Gasteiger partial charge on any atom is 0.264 e. The van der Waals surface area contributed by atoms with Gasteiger partial charge in [-0.2, -0.15) is 0 Å². The molecule has 6 nitrogen and oxygen atoms in total. The Morgan fingerprint density at radius 2 is 1.67 bits per heavy atom. The number of hydrogen-bond donors (Lipinski definition) is 1. The van der Waals surface area contributed by atoms with E-state index in [-0.39, 0.29) is 16.9 Å². The molecule has 3 aromatic carbocycles. The smallest absolute Gasteiger partial charge is 0.264 e. The molecule has 1 amide bonds. The van der Waals surface area contributed by atoms with E-state index >= 15 is 0 Å². The van der Waals surface area contributed by atoms with E-state index in [1.807, 2.05) is 26.0 Å². The number of sulfonamides is 1. The second-order valence-corrected chi connectivity index (χ2v) is 11.4. The Labute approximate surface area is 219 Å². The van der Waals surface area contributed by atoms with Crippen molar-refractivity contribution in [3.05, 3.63) is 87.9 Å². The molecule has 0 heterocycles. The molecule has 192 valence electrons. The number of rotatable bonds is 9. The predicted octanol–water partition coefficient (Wildman–Crippen LogP) is 6.16. The fourth-order valence-corrected chi connectivity index (χ4v) is 5.86. The third kappa shape index (κ3) is 5.85. The molecule has 0 saturated heterocycles. The Balaban J connectivity index is 1.95. The minimum atomic E-state index is -4.03. The summed E-state index contributed by atoms with van der Waals surface area (Å²) in [5, 5.41) is 3.40. The van der Waals surface area contributed by atoms with Crippen LogP contribution in [-0.4, -0.2) is 28.0 Å². The standard InChI is InChI=1S/C28H33ClN2O4S/c1-18(2)23-16-24(19(3)15-27(23)35-6)21(5)30-28(32)17-31(26-14-10-13-25(29)20(26)4)36(33,34)22-11-8-7-9-12-22/h7-16,18,21H,17H2,1-6H3,(H,30,32)/t21-/m0/s1. The van der Waals surface area contributed by atoms with Crippen molar-refractivity contribution in [2.75, 3.05) is 18.0 Å². The van der Waals surface area contributed by atoms with Gasteiger partial charge in [-0.25, -0.2) is 8.42 Å². The summed E-state index contributed by atoms with van der Waals surface area (Å²) < 4.78 is 33.9. The zero-order chi connectivity index (χ0) is 26.6. The van der Waals surface area contributed by atoms with Gasteiger partial charge in [0.15, 0.2) is 0 Å². The first-order chi connectivity index (χ1) is 17.0. The molecule has 3 aromatic rings. The summed E-state index contributed by atoms with van der Waals surface area (Å²) in [4.78, 5) is 13.4. The van der Waals surface area contributed by atoms with Crippen molar-refractivity contribution in [2.24, 2.45) is 0 Å². The Morgan fingerprint density at radius 3 is 2.28 bits per heavy atom. The molecule has 0 saturated carbocycles. The molecular weight excluding hydrogens is 496 g/mol. The van der Waals surface area contributed by atoms with Gasteiger partial charge in [-0.3, -0.25) is 9.10 Å². The van der Waals surface area contributed by atoms with Gasteiger partial charge in [-0.15, -0.1) is 0 Å². The van der Waals surface area contributed by atoms with Crippen LogP contribution in [0, 0.1) is 13.8 Å². The fourth-order valence-electron chi connectivity index (χ4n) is 4.19. The Morgan fingerprint density at radius 1 is 1.00 bits per heavy atom. The molecule has 0 fully saturated rings. The number of halogens is 1. The SMILES string of the molecule is COc1cc(C)c([C@H](C)NC(=O)CN(c2cccc(Cl)c2C)S(=O)(=O)c2ccccc2)cc1C(C)C. The summed E-state index contributed by atoms with van der Waals surface area (Å²) in [6, 6.07) is 16.7. The lowest BCUT2D eigenvalue weighted by Crippen LogP contribution is -2.42. The van der Waals surface area contributed by atoms with Crippen molar-refractivity contribution >= 4 is 33.2 Å². The monoisotopic (exact) mass is 528 g/mol. The average Bonchev–Trinajstić information content (AvgIpc) is 2.84. The van der Waals surface area contributed by atoms with Crippen LogP contribution in [0.3, 0.4) is 0 Å². The van der Waals surface area contributed by atoms with Crippen molar-refractivity contribution in [3.63, 3.8) is 0 Å². The minimum Gasteiger partial charge on any atom is -0.496 e. The van der Waals surface area contributed by atoms with E-state index < -0.39 is 22.5 Å². The number of ether oxygens (including phenoxy) is 1. The lowest BCUT2D eigenvalue weighted by molar-refractivity contribution is -0.120. The van der Waals surface area contributed by atoms with Crippen molar-refractivity contribution in [1.29, 1.82) is 0 Å². The van der Waals surface area contributed by atoms with Gasteiger partial charge in [0.2, 0.25) is 5.91 Å². The lowest BCUT2D eigenvalue weighted by atomic mass is 9.93. The highest BCUT2D eigenvalue weighted by molar-refractivity contribution is 7.92. The van der Waals surface area contributed by atoms with Crippen LogP contribution in [0.1, 0.15) is 55.0 Å². The van der Waals surface area contributed by atoms with Gasteiger partial charge in [-0.1, -0.05) is 49.7 Å². The molecule has 0 spiro atoms. The van der Waals surface area contributed by atoms with E-state index in [1.54, 1.807) is 50.4 Å². The maximum absolute atomic E-state index is 13.6. The number of carbonyl (C=O) groups excluding carboxylic acids is 1. The fraction of sp³-hybridized carbons (Fsp3) is 0.321. The summed E-state index contributed by atoms with van der Waals surface area (Å²) in [7, 11) is -2.38. The van der Waals surface area contributed by atoms with Crippen LogP contribution in [0.5, 0.6) is 5.75 Å². The van der Waals surface area contributed by atoms with Crippen molar-refractivity contribution in [1.82, 2.24) is 5.32 Å². The van der Waals surface area contributed by atoms with Gasteiger partial charge in [0, 0.05) is 5.02 Å². The van der Waals surface area contributed by atoms with Crippen LogP contribution in [0.25, 0.3) is 0 Å². The molecule has 0 aliphatic rings. The number of anilines is 1. The molecule has 0 aliphatic heterocycles. The average molecular weight is 529 g/mol. The first kappa shape index (κ1) is 27.6. The van der Waals surface area contributed by atoms with Crippen LogP contribution in [-0.2, 0) is 14.8 Å². The molecule has 0 radical (unpaired) electrons. The molecule has 0 unspecified atom stereocenters. The van der Waals surface area contributed by atoms with E-state index in [0.717, 1.165) is 26.7 Å². The van der Waals surface area contributed by atoms with Gasteiger partial charge in [0.25, 0.3) is 10.0 Å². The van der Waals surface area contributed by atoms with Crippen LogP contribution < -0.4 is 14.4 Å². The van der Waals surface area contributed by atoms with E-state index in [2.05, 4.69) is 19.2 Å². The third-order valence-corrected chi connectivity index (χ3v) is 8.39. The first-order valence-corrected chi connectivity index (χ1v) is 13.6. The number of carbonyl (C=O) groups is 1. The van der Waals surface area contributed by atoms with Gasteiger partial charge in [-0.05, 0) is 85.3 Å². The third-order valence-electron chi connectivity index (χ3n) is 6.21. The Kier molecular flexibility index (Phi) is 8.69. The molecule has 36 heavy (non-hydrogen) atoms. The summed E-state index contributed by atoms with van der Waals surface area (Å²) >= 11 is 6.31. The quantitative estimate of drug-likeness (QED) is 0.361. The molecule has 3 rings (SSSR count). The highest BCUT2D eigenvalue weighted by Gasteiger charge is 2.29. The molecule has 1 N–H and O–H groups in total. The second-order valence-electron chi connectivity index (χ2n) is 9.10. The number of methoxy groups -OCH3 is 1. The molecular formula is C28H33ClN2O4S. The van der Waals surface area contributed by atoms with Gasteiger partial charge >= 0.3 is 0 Å². The second kappa shape index (κ2) is 11.4. The summed E-state index contributed by atoms with van der Waals surface area (Å²) in [6.45, 7) is 9.36. The number of nitrogens with one attached hydrogen (secondary N) is 1. The lowest BCUT2D eigenvalue weighted by Gasteiger charge is -2.27. The van der Waals surface area contributed by atoms with E-state index in [0.29, 0.717) is 16.3 Å². The maximum atomic E-state index is 13.6. The topological polar surface area (TPSA) is 75.7 Å². The normalized spacial score (nSPS) is 12.3. The van der Waals surface area contributed by atoms with E-state index in [9.17, 15) is 13.2 Å². The number of aryl methyl sites for hydroxylation is 1. The predicted molar refractivity (Wildman–Crippen MR) is 146 cm³/mol. The van der Waals surface area contributed by atoms with Crippen molar-refractivity contribution < 1.29 is 17.9 Å². The van der Waals surface area contributed by atoms with Crippen molar-refractivity contribution in [2.45, 2.75) is 51.5 Å². The molecule has 1 atom stereocenters. The summed E-state index contributed by atoms with van der Waals surface area (Å²) in [5.41, 5.74) is 3.90. The van der Waals surface area contributed by atoms with Gasteiger partial charge in [0.05, 0.1) is 23.7 Å². The molecule has 0 bridgehead atoms. The van der Waals surface area contributed by atoms with Crippen LogP contribution in [0.15, 0.2) is 65.6 Å². The molecule has 0 aromatic heterocycles. The van der Waals surface area contributed by atoms with Gasteiger partial charge < -0.3 is 10.1 Å². The van der Waals surface area contributed by atoms with Gasteiger partial charge in [0.1, 0.15) is 12.3 Å². The van der Waals surface area contributed by atoms with Crippen LogP contribution in [0.4, 0.5) is 5.69 Å². The molecule has 0 aliphatic carbocycles. The largest absolute Gasteiger partial charge is 0.496 e. The zero-order valence-corrected chi connectivity index (χ0v) is 23.1. The summed E-state index contributed by atoms with van der Waals surface area (Å²) in [5.74, 6) is 0.614. The van der Waals surface area contributed by atoms with E-state index in [4.69, 9.17) is 16.3 Å².